The van der Waals surface area contributed by atoms with Gasteiger partial charge < -0.3 is 16.4 Å². The quantitative estimate of drug-likeness (QED) is 0.321. The van der Waals surface area contributed by atoms with Gasteiger partial charge in [0.15, 0.2) is 5.13 Å². The van der Waals surface area contributed by atoms with Gasteiger partial charge in [0, 0.05) is 17.8 Å². The SMILES string of the molecule is Nc1nc(Nc2ccc(C(=O)NCc3cccc(F)c3)cc2)sc1C(=O)c1c(F)cccc1F. The number of carbonyl (C=O) groups excluding carboxylic acids is 2. The first-order chi connectivity index (χ1) is 16.3. The van der Waals surface area contributed by atoms with E-state index in [2.05, 4.69) is 15.6 Å². The molecule has 0 spiro atoms. The lowest BCUT2D eigenvalue weighted by Gasteiger charge is -2.07. The molecule has 0 aliphatic carbocycles. The van der Waals surface area contributed by atoms with E-state index in [-0.39, 0.29) is 34.1 Å². The molecule has 0 radical (unpaired) electrons. The van der Waals surface area contributed by atoms with Crippen LogP contribution in [0.3, 0.4) is 0 Å². The third kappa shape index (κ3) is 5.07. The van der Waals surface area contributed by atoms with E-state index < -0.39 is 23.0 Å². The summed E-state index contributed by atoms with van der Waals surface area (Å²) in [4.78, 5) is 28.9. The molecule has 0 saturated carbocycles. The van der Waals surface area contributed by atoms with E-state index in [1.807, 2.05) is 0 Å². The fourth-order valence-electron chi connectivity index (χ4n) is 3.14. The van der Waals surface area contributed by atoms with E-state index in [0.29, 0.717) is 16.8 Å². The molecule has 0 unspecified atom stereocenters. The highest BCUT2D eigenvalue weighted by Crippen LogP contribution is 2.31. The Morgan fingerprint density at radius 2 is 1.62 bits per heavy atom. The first-order valence-corrected chi connectivity index (χ1v) is 10.8. The van der Waals surface area contributed by atoms with Crippen LogP contribution >= 0.6 is 11.3 Å². The normalized spacial score (nSPS) is 10.7. The number of thiazole rings is 1. The fourth-order valence-corrected chi connectivity index (χ4v) is 3.99. The van der Waals surface area contributed by atoms with E-state index in [1.54, 1.807) is 36.4 Å². The topological polar surface area (TPSA) is 97.1 Å². The predicted molar refractivity (Wildman–Crippen MR) is 124 cm³/mol. The van der Waals surface area contributed by atoms with Gasteiger partial charge in [-0.05, 0) is 54.1 Å². The van der Waals surface area contributed by atoms with Gasteiger partial charge in [-0.1, -0.05) is 29.5 Å². The monoisotopic (exact) mass is 482 g/mol. The number of hydrogen-bond acceptors (Lipinski definition) is 6. The second-order valence-electron chi connectivity index (χ2n) is 7.17. The zero-order valence-corrected chi connectivity index (χ0v) is 18.3. The number of benzene rings is 3. The maximum absolute atomic E-state index is 14.0. The zero-order valence-electron chi connectivity index (χ0n) is 17.4. The van der Waals surface area contributed by atoms with Crippen molar-refractivity contribution in [2.75, 3.05) is 11.1 Å². The third-order valence-electron chi connectivity index (χ3n) is 4.79. The Morgan fingerprint density at radius 3 is 2.29 bits per heavy atom. The van der Waals surface area contributed by atoms with Crippen molar-refractivity contribution in [3.05, 3.63) is 106 Å². The molecule has 10 heteroatoms. The summed E-state index contributed by atoms with van der Waals surface area (Å²) in [5.41, 5.74) is 6.67. The van der Waals surface area contributed by atoms with Crippen molar-refractivity contribution in [2.45, 2.75) is 6.54 Å². The van der Waals surface area contributed by atoms with Crippen molar-refractivity contribution in [3.63, 3.8) is 0 Å². The second-order valence-corrected chi connectivity index (χ2v) is 8.17. The van der Waals surface area contributed by atoms with Crippen molar-refractivity contribution in [3.8, 4) is 0 Å². The van der Waals surface area contributed by atoms with Crippen LogP contribution in [-0.4, -0.2) is 16.7 Å². The number of aromatic nitrogens is 1. The summed E-state index contributed by atoms with van der Waals surface area (Å²) in [5, 5.41) is 5.89. The smallest absolute Gasteiger partial charge is 0.251 e. The number of nitrogens with one attached hydrogen (secondary N) is 2. The fraction of sp³-hybridized carbons (Fsp3) is 0.0417. The van der Waals surface area contributed by atoms with E-state index >= 15 is 0 Å². The maximum Gasteiger partial charge on any atom is 0.251 e. The largest absolute Gasteiger partial charge is 0.382 e. The number of amides is 1. The molecule has 0 fully saturated rings. The molecule has 4 N–H and O–H groups in total. The summed E-state index contributed by atoms with van der Waals surface area (Å²) in [6, 6.07) is 15.4. The molecule has 6 nitrogen and oxygen atoms in total. The summed E-state index contributed by atoms with van der Waals surface area (Å²) >= 11 is 0.852. The first-order valence-electron chi connectivity index (χ1n) is 9.96. The van der Waals surface area contributed by atoms with Crippen LogP contribution in [0.4, 0.5) is 29.8 Å². The number of halogens is 3. The van der Waals surface area contributed by atoms with Crippen LogP contribution < -0.4 is 16.4 Å². The standard InChI is InChI=1S/C24H17F3N4O2S/c25-15-4-1-3-13(11-15)12-29-23(33)14-7-9-16(10-8-14)30-24-31-22(28)21(34-24)20(32)19-17(26)5-2-6-18(19)27/h1-11H,12,28H2,(H,29,33)(H,30,31). The van der Waals surface area contributed by atoms with Gasteiger partial charge in [-0.15, -0.1) is 0 Å². The van der Waals surface area contributed by atoms with Crippen LogP contribution in [0, 0.1) is 17.5 Å². The molecular weight excluding hydrogens is 465 g/mol. The number of nitrogen functional groups attached to an aromatic ring is 1. The Kier molecular flexibility index (Phi) is 6.60. The molecule has 1 aromatic heterocycles. The number of hydrogen-bond donors (Lipinski definition) is 3. The number of rotatable bonds is 7. The summed E-state index contributed by atoms with van der Waals surface area (Å²) in [5.74, 6) is -3.75. The molecule has 0 aliphatic rings. The van der Waals surface area contributed by atoms with Crippen molar-refractivity contribution in [1.29, 1.82) is 0 Å². The highest BCUT2D eigenvalue weighted by atomic mass is 32.1. The molecule has 0 aliphatic heterocycles. The van der Waals surface area contributed by atoms with E-state index in [4.69, 9.17) is 5.73 Å². The van der Waals surface area contributed by atoms with Gasteiger partial charge in [0.2, 0.25) is 5.78 Å². The molecule has 4 rings (SSSR count). The van der Waals surface area contributed by atoms with Gasteiger partial charge in [0.1, 0.15) is 28.1 Å². The Balaban J connectivity index is 1.43. The Bertz CT molecular complexity index is 1350. The van der Waals surface area contributed by atoms with Gasteiger partial charge in [-0.2, -0.15) is 0 Å². The lowest BCUT2D eigenvalue weighted by Crippen LogP contribution is -2.22. The molecule has 4 aromatic rings. The van der Waals surface area contributed by atoms with E-state index in [9.17, 15) is 22.8 Å². The molecule has 3 aromatic carbocycles. The molecule has 1 amide bonds. The highest BCUT2D eigenvalue weighted by molar-refractivity contribution is 7.18. The summed E-state index contributed by atoms with van der Waals surface area (Å²) in [6.45, 7) is 0.175. The van der Waals surface area contributed by atoms with Crippen LogP contribution in [0.15, 0.2) is 66.7 Å². The van der Waals surface area contributed by atoms with Gasteiger partial charge in [0.25, 0.3) is 5.91 Å². The van der Waals surface area contributed by atoms with Gasteiger partial charge in [0.05, 0.1) is 5.56 Å². The van der Waals surface area contributed by atoms with Crippen molar-refractivity contribution in [1.82, 2.24) is 10.3 Å². The van der Waals surface area contributed by atoms with Gasteiger partial charge >= 0.3 is 0 Å². The molecule has 0 bridgehead atoms. The lowest BCUT2D eigenvalue weighted by molar-refractivity contribution is 0.0950. The first kappa shape index (κ1) is 23.0. The minimum atomic E-state index is -0.987. The van der Waals surface area contributed by atoms with Gasteiger partial charge in [-0.3, -0.25) is 9.59 Å². The molecular formula is C24H17F3N4O2S. The zero-order chi connectivity index (χ0) is 24.2. The minimum Gasteiger partial charge on any atom is -0.382 e. The third-order valence-corrected chi connectivity index (χ3v) is 5.78. The minimum absolute atomic E-state index is 0.0974. The summed E-state index contributed by atoms with van der Waals surface area (Å²) < 4.78 is 41.2. The molecule has 34 heavy (non-hydrogen) atoms. The van der Waals surface area contributed by atoms with E-state index in [0.717, 1.165) is 29.5 Å². The second kappa shape index (κ2) is 9.75. The van der Waals surface area contributed by atoms with Crippen LogP contribution in [0.1, 0.15) is 31.2 Å². The van der Waals surface area contributed by atoms with Crippen molar-refractivity contribution >= 4 is 39.7 Å². The van der Waals surface area contributed by atoms with Gasteiger partial charge in [-0.25, -0.2) is 18.2 Å². The highest BCUT2D eigenvalue weighted by Gasteiger charge is 2.24. The maximum atomic E-state index is 14.0. The van der Waals surface area contributed by atoms with Crippen molar-refractivity contribution < 1.29 is 22.8 Å². The van der Waals surface area contributed by atoms with Crippen molar-refractivity contribution in [2.24, 2.45) is 0 Å². The average molecular weight is 482 g/mol. The summed E-state index contributed by atoms with van der Waals surface area (Å²) in [7, 11) is 0. The number of anilines is 3. The molecule has 0 atom stereocenters. The molecule has 172 valence electrons. The predicted octanol–water partition coefficient (Wildman–Crippen LogP) is 5.05. The van der Waals surface area contributed by atoms with Crippen LogP contribution in [0.5, 0.6) is 0 Å². The number of carbonyl (C=O) groups is 2. The molecule has 1 heterocycles. The Morgan fingerprint density at radius 1 is 0.941 bits per heavy atom. The Hall–Kier alpha value is -4.18. The number of nitrogens with zero attached hydrogens (tertiary/aromatic N) is 1. The lowest BCUT2D eigenvalue weighted by atomic mass is 10.1. The van der Waals surface area contributed by atoms with Crippen LogP contribution in [0.2, 0.25) is 0 Å². The Labute approximate surface area is 196 Å². The summed E-state index contributed by atoms with van der Waals surface area (Å²) in [6.07, 6.45) is 0. The van der Waals surface area contributed by atoms with Crippen LogP contribution in [0.25, 0.3) is 0 Å². The van der Waals surface area contributed by atoms with Crippen LogP contribution in [-0.2, 0) is 6.54 Å². The van der Waals surface area contributed by atoms with E-state index in [1.165, 1.54) is 12.1 Å². The number of nitrogens with two attached hydrogens (primary N) is 1. The average Bonchev–Trinajstić information content (AvgIpc) is 3.17. The number of ketones is 1. The molecule has 0 saturated heterocycles.